The monoisotopic (exact) mass is 775 g/mol. The molecule has 6 heterocycles. The Morgan fingerprint density at radius 3 is 2.76 bits per heavy atom. The van der Waals surface area contributed by atoms with Gasteiger partial charge in [-0.05, 0) is 81.0 Å². The van der Waals surface area contributed by atoms with Gasteiger partial charge in [0.15, 0.2) is 5.82 Å². The molecule has 4 aliphatic heterocycles. The number of alkyl halides is 1. The van der Waals surface area contributed by atoms with Crippen molar-refractivity contribution in [3.8, 4) is 23.2 Å². The highest BCUT2D eigenvalue weighted by atomic mass is 35.5. The Morgan fingerprint density at radius 1 is 1.13 bits per heavy atom. The molecule has 1 spiro atoms. The number of nitrogens with two attached hydrogens (primary N) is 1. The molecule has 9 nitrogen and oxygen atoms in total. The molecule has 0 bridgehead atoms. The molecule has 4 saturated heterocycles. The van der Waals surface area contributed by atoms with Crippen LogP contribution in [0.3, 0.4) is 0 Å². The SMILES string of the molecule is N#Cc1c(N)sc2c(F)ccc(-c3c(Cl)cc4c(N5CCCCC6(CN(C(=O)C7CC7C7CC7)C6)C5)nc(OC[C@@]56CCCN5C[C@H](F)C6)nc4c3F)c12. The van der Waals surface area contributed by atoms with E-state index in [1.165, 1.54) is 25.0 Å². The Hall–Kier alpha value is -3.86. The van der Waals surface area contributed by atoms with Crippen molar-refractivity contribution in [2.75, 3.05) is 56.5 Å². The number of fused-ring (bicyclic) bond motifs is 3. The summed E-state index contributed by atoms with van der Waals surface area (Å²) < 4.78 is 53.5. The van der Waals surface area contributed by atoms with E-state index < -0.39 is 23.3 Å². The van der Waals surface area contributed by atoms with Gasteiger partial charge in [0.25, 0.3) is 0 Å². The number of aromatic nitrogens is 2. The van der Waals surface area contributed by atoms with E-state index in [-0.39, 0.29) is 66.3 Å². The molecule has 4 aromatic rings. The first kappa shape index (κ1) is 34.6. The first-order valence-electron chi connectivity index (χ1n) is 19.2. The van der Waals surface area contributed by atoms with E-state index in [4.69, 9.17) is 27.1 Å². The number of likely N-dealkylation sites (tertiary alicyclic amines) is 1. The van der Waals surface area contributed by atoms with Crippen LogP contribution in [0.1, 0.15) is 63.4 Å². The third-order valence-corrected chi connectivity index (χ3v) is 14.6. The number of carbonyl (C=O) groups is 1. The maximum atomic E-state index is 17.3. The first-order valence-corrected chi connectivity index (χ1v) is 20.4. The van der Waals surface area contributed by atoms with Crippen molar-refractivity contribution in [3.63, 3.8) is 0 Å². The predicted octanol–water partition coefficient (Wildman–Crippen LogP) is 7.72. The molecular weight excluding hydrogens is 735 g/mol. The van der Waals surface area contributed by atoms with Crippen molar-refractivity contribution in [3.05, 3.63) is 40.4 Å². The van der Waals surface area contributed by atoms with Gasteiger partial charge in [0.05, 0.1) is 20.8 Å². The van der Waals surface area contributed by atoms with Crippen LogP contribution in [0, 0.1) is 46.1 Å². The van der Waals surface area contributed by atoms with Gasteiger partial charge in [0, 0.05) is 66.8 Å². The van der Waals surface area contributed by atoms with E-state index >= 15 is 8.78 Å². The lowest BCUT2D eigenvalue weighted by molar-refractivity contribution is -0.145. The Morgan fingerprint density at radius 2 is 1.96 bits per heavy atom. The van der Waals surface area contributed by atoms with Crippen LogP contribution in [0.15, 0.2) is 18.2 Å². The molecule has 2 N–H and O–H groups in total. The van der Waals surface area contributed by atoms with Crippen molar-refractivity contribution in [2.24, 2.45) is 23.2 Å². The minimum absolute atomic E-state index is 0.0153. The van der Waals surface area contributed by atoms with Crippen LogP contribution < -0.4 is 15.4 Å². The number of hydrogen-bond donors (Lipinski definition) is 1. The van der Waals surface area contributed by atoms with Crippen molar-refractivity contribution >= 4 is 60.7 Å². The molecule has 4 atom stereocenters. The number of benzene rings is 2. The van der Waals surface area contributed by atoms with Gasteiger partial charge in [-0.2, -0.15) is 15.2 Å². The molecular formula is C40H41ClF3N7O2S. The highest BCUT2D eigenvalue weighted by molar-refractivity contribution is 7.23. The lowest BCUT2D eigenvalue weighted by Crippen LogP contribution is -2.62. The summed E-state index contributed by atoms with van der Waals surface area (Å²) in [6.45, 7) is 4.00. The number of halogens is 4. The molecule has 2 aliphatic carbocycles. The molecule has 54 heavy (non-hydrogen) atoms. The maximum absolute atomic E-state index is 17.3. The average Bonchev–Trinajstić information content (AvgIpc) is 4.04. The van der Waals surface area contributed by atoms with Crippen LogP contribution in [0.4, 0.5) is 24.0 Å². The number of nitriles is 1. The molecule has 2 unspecified atom stereocenters. The average molecular weight is 776 g/mol. The van der Waals surface area contributed by atoms with E-state index in [0.29, 0.717) is 62.2 Å². The number of nitrogens with zero attached hydrogens (tertiary/aromatic N) is 6. The molecule has 6 fully saturated rings. The van der Waals surface area contributed by atoms with Crippen molar-refractivity contribution in [2.45, 2.75) is 69.5 Å². The summed E-state index contributed by atoms with van der Waals surface area (Å²) >= 11 is 7.91. The number of thiophene rings is 1. The fourth-order valence-corrected chi connectivity index (χ4v) is 11.6. The molecule has 282 valence electrons. The zero-order valence-electron chi connectivity index (χ0n) is 29.9. The fourth-order valence-electron chi connectivity index (χ4n) is 10.4. The Labute approximate surface area is 320 Å². The Balaban J connectivity index is 1.05. The Kier molecular flexibility index (Phi) is 8.07. The number of anilines is 2. The highest BCUT2D eigenvalue weighted by Gasteiger charge is 2.56. The summed E-state index contributed by atoms with van der Waals surface area (Å²) in [6.07, 6.45) is 7.54. The van der Waals surface area contributed by atoms with Gasteiger partial charge < -0.3 is 20.3 Å². The third kappa shape index (κ3) is 5.53. The van der Waals surface area contributed by atoms with Crippen molar-refractivity contribution in [1.82, 2.24) is 19.8 Å². The van der Waals surface area contributed by atoms with E-state index in [1.54, 1.807) is 6.07 Å². The van der Waals surface area contributed by atoms with Gasteiger partial charge in [0.2, 0.25) is 5.91 Å². The largest absolute Gasteiger partial charge is 0.461 e. The third-order valence-electron chi connectivity index (χ3n) is 13.2. The smallest absolute Gasteiger partial charge is 0.319 e. The van der Waals surface area contributed by atoms with Crippen molar-refractivity contribution in [1.29, 1.82) is 5.26 Å². The van der Waals surface area contributed by atoms with Gasteiger partial charge in [-0.3, -0.25) is 9.69 Å². The van der Waals surface area contributed by atoms with Crippen LogP contribution in [-0.4, -0.2) is 83.3 Å². The standard InChI is InChI=1S/C40H41ClF3N7O2S/c41-28-13-26-33(32(44)31(28)23-6-7-29(43)34-30(23)27(15-45)35(46)54-34)47-38(53-20-40-9-3-11-51(40)16-22(42)14-40)48-36(26)49-10-2-1-8-39(17-49)18-50(19-39)37(52)25-12-24(25)21-4-5-21/h6-7,13,21-22,24-25H,1-5,8-12,14,16-20,46H2/t22-,24?,25?,40+/m1/s1. The minimum atomic E-state index is -0.942. The summed E-state index contributed by atoms with van der Waals surface area (Å²) in [7, 11) is 0. The lowest BCUT2D eigenvalue weighted by Gasteiger charge is -2.51. The van der Waals surface area contributed by atoms with Gasteiger partial charge >= 0.3 is 6.01 Å². The van der Waals surface area contributed by atoms with Crippen LogP contribution in [0.2, 0.25) is 5.02 Å². The second kappa shape index (κ2) is 12.6. The van der Waals surface area contributed by atoms with E-state index in [2.05, 4.69) is 20.9 Å². The fraction of sp³-hybridized carbons (Fsp3) is 0.550. The molecule has 6 aliphatic rings. The zero-order valence-corrected chi connectivity index (χ0v) is 31.4. The molecule has 10 rings (SSSR count). The summed E-state index contributed by atoms with van der Waals surface area (Å²) in [5.41, 5.74) is 5.78. The van der Waals surface area contributed by atoms with Gasteiger partial charge in [0.1, 0.15) is 41.0 Å². The summed E-state index contributed by atoms with van der Waals surface area (Å²) in [4.78, 5) is 29.4. The molecule has 1 amide bonds. The second-order valence-electron chi connectivity index (χ2n) is 16.8. The van der Waals surface area contributed by atoms with E-state index in [1.807, 2.05) is 4.90 Å². The van der Waals surface area contributed by atoms with Crippen molar-refractivity contribution < 1.29 is 22.7 Å². The molecule has 2 aromatic heterocycles. The minimum Gasteiger partial charge on any atom is -0.461 e. The van der Waals surface area contributed by atoms with Crippen LogP contribution >= 0.6 is 22.9 Å². The quantitative estimate of drug-likeness (QED) is 0.203. The number of hydrogen-bond acceptors (Lipinski definition) is 9. The zero-order chi connectivity index (χ0) is 37.1. The number of rotatable bonds is 7. The van der Waals surface area contributed by atoms with E-state index in [0.717, 1.165) is 62.3 Å². The highest BCUT2D eigenvalue weighted by Crippen LogP contribution is 2.56. The van der Waals surface area contributed by atoms with Gasteiger partial charge in [-0.1, -0.05) is 24.1 Å². The molecule has 0 radical (unpaired) electrons. The normalized spacial score (nSPS) is 27.6. The molecule has 2 aromatic carbocycles. The Bertz CT molecular complexity index is 2270. The van der Waals surface area contributed by atoms with E-state index in [9.17, 15) is 14.4 Å². The van der Waals surface area contributed by atoms with Gasteiger partial charge in [-0.15, -0.1) is 11.3 Å². The molecule has 14 heteroatoms. The predicted molar refractivity (Wildman–Crippen MR) is 202 cm³/mol. The summed E-state index contributed by atoms with van der Waals surface area (Å²) in [5.74, 6) is 0.953. The summed E-state index contributed by atoms with van der Waals surface area (Å²) in [5, 5.41) is 10.7. The maximum Gasteiger partial charge on any atom is 0.319 e. The number of nitrogen functional groups attached to an aromatic ring is 1. The second-order valence-corrected chi connectivity index (χ2v) is 18.3. The molecule has 2 saturated carbocycles. The van der Waals surface area contributed by atoms with Gasteiger partial charge in [-0.25, -0.2) is 13.2 Å². The summed E-state index contributed by atoms with van der Waals surface area (Å²) in [6, 6.07) is 6.32. The number of carbonyl (C=O) groups excluding carboxylic acids is 1. The topological polar surface area (TPSA) is 112 Å². The first-order chi connectivity index (χ1) is 26.1. The number of ether oxygens (including phenoxy) is 1. The van der Waals surface area contributed by atoms with Crippen LogP contribution in [0.25, 0.3) is 32.1 Å². The van der Waals surface area contributed by atoms with Crippen LogP contribution in [-0.2, 0) is 4.79 Å². The number of amides is 1. The lowest BCUT2D eigenvalue weighted by atomic mass is 9.75. The van der Waals surface area contributed by atoms with Crippen LogP contribution in [0.5, 0.6) is 6.01 Å².